The molecule has 0 saturated heterocycles. The number of aromatic hydroxyl groups is 3. The summed E-state index contributed by atoms with van der Waals surface area (Å²) in [6.07, 6.45) is 1.02. The van der Waals surface area contributed by atoms with Crippen LogP contribution in [0.4, 0.5) is 0 Å². The number of aromatic nitrogens is 2. The molecule has 0 atom stereocenters. The standard InChI is InChI=1S/C46H60N2O7/c1-17-37(49)55-40-29(7)30(24(2)20-36(40)46(14,15)16)21-31-41(52)47(22-32-25(3)18-34(44(8,9)10)38(50)27(32)5)43(54)48(42(31)53)23-33-26(4)19-35(45(11,12)13)39(51)28(33)6/h17-20,50-52H,1,21-23H2,2-16H3. The number of phenolic OH excluding ortho intramolecular Hbond substituents is 2. The lowest BCUT2D eigenvalue weighted by Crippen LogP contribution is -2.42. The smallest absolute Gasteiger partial charge is 0.335 e. The van der Waals surface area contributed by atoms with Crippen molar-refractivity contribution in [2.24, 2.45) is 0 Å². The topological polar surface area (TPSA) is 131 Å². The Balaban J connectivity index is 2.08. The van der Waals surface area contributed by atoms with Crippen molar-refractivity contribution in [2.45, 2.75) is 140 Å². The predicted molar refractivity (Wildman–Crippen MR) is 221 cm³/mol. The van der Waals surface area contributed by atoms with Gasteiger partial charge in [0.05, 0.1) is 18.7 Å². The summed E-state index contributed by atoms with van der Waals surface area (Å²) in [4.78, 5) is 41.8. The number of carbonyl (C=O) groups excluding carboxylic acids is 1. The second-order valence-corrected chi connectivity index (χ2v) is 18.2. The van der Waals surface area contributed by atoms with Crippen molar-refractivity contribution in [1.82, 2.24) is 9.13 Å². The zero-order valence-corrected chi connectivity index (χ0v) is 35.5. The Morgan fingerprint density at radius 3 is 1.45 bits per heavy atom. The maximum Gasteiger partial charge on any atom is 0.335 e. The Kier molecular flexibility index (Phi) is 11.6. The maximum absolute atomic E-state index is 14.6. The van der Waals surface area contributed by atoms with Crippen LogP contribution < -0.4 is 16.0 Å². The van der Waals surface area contributed by atoms with Gasteiger partial charge < -0.3 is 20.1 Å². The van der Waals surface area contributed by atoms with Crippen LogP contribution in [-0.4, -0.2) is 30.4 Å². The highest BCUT2D eigenvalue weighted by Crippen LogP contribution is 2.40. The van der Waals surface area contributed by atoms with E-state index in [1.807, 2.05) is 108 Å². The highest BCUT2D eigenvalue weighted by atomic mass is 16.5. The number of nitrogens with zero attached hydrogens (tertiary/aromatic N) is 2. The highest BCUT2D eigenvalue weighted by molar-refractivity contribution is 5.84. The molecule has 0 aliphatic heterocycles. The number of carbonyl (C=O) groups is 1. The van der Waals surface area contributed by atoms with Crippen LogP contribution in [0, 0.1) is 41.5 Å². The zero-order chi connectivity index (χ0) is 41.9. The van der Waals surface area contributed by atoms with Crippen molar-refractivity contribution >= 4 is 5.97 Å². The van der Waals surface area contributed by atoms with E-state index < -0.39 is 28.5 Å². The molecule has 0 amide bonds. The van der Waals surface area contributed by atoms with Crippen molar-refractivity contribution in [3.8, 4) is 23.1 Å². The Morgan fingerprint density at radius 1 is 0.636 bits per heavy atom. The van der Waals surface area contributed by atoms with Crippen molar-refractivity contribution in [1.29, 1.82) is 0 Å². The average Bonchev–Trinajstić information content (AvgIpc) is 3.06. The molecule has 3 aromatic carbocycles. The molecule has 4 aromatic rings. The molecule has 9 nitrogen and oxygen atoms in total. The molecule has 0 fully saturated rings. The van der Waals surface area contributed by atoms with Gasteiger partial charge in [-0.2, -0.15) is 0 Å². The molecule has 0 spiro atoms. The van der Waals surface area contributed by atoms with Gasteiger partial charge in [-0.15, -0.1) is 0 Å². The molecule has 0 aliphatic rings. The van der Waals surface area contributed by atoms with Gasteiger partial charge in [0.1, 0.15) is 17.2 Å². The van der Waals surface area contributed by atoms with Crippen molar-refractivity contribution in [3.05, 3.63) is 124 Å². The lowest BCUT2D eigenvalue weighted by Gasteiger charge is -2.27. The normalized spacial score (nSPS) is 12.3. The Bertz CT molecular complexity index is 2340. The fourth-order valence-corrected chi connectivity index (χ4v) is 7.44. The summed E-state index contributed by atoms with van der Waals surface area (Å²) >= 11 is 0. The van der Waals surface area contributed by atoms with E-state index in [4.69, 9.17) is 4.74 Å². The third-order valence-corrected chi connectivity index (χ3v) is 10.9. The SMILES string of the molecule is C=CC(=O)Oc1c(C(C)(C)C)cc(C)c(Cc2c(O)n(Cc3c(C)cc(C(C)(C)C)c(O)c3C)c(=O)n(Cc3c(C)cc(C(C)(C)C)c(O)c3C)c2=O)c1C. The van der Waals surface area contributed by atoms with Crippen LogP contribution >= 0.6 is 0 Å². The summed E-state index contributed by atoms with van der Waals surface area (Å²) < 4.78 is 8.10. The number of phenols is 2. The molecular weight excluding hydrogens is 693 g/mol. The first kappa shape index (κ1) is 42.7. The fourth-order valence-electron chi connectivity index (χ4n) is 7.44. The Morgan fingerprint density at radius 2 is 1.04 bits per heavy atom. The van der Waals surface area contributed by atoms with Crippen LogP contribution in [0.15, 0.2) is 40.4 Å². The Labute approximate surface area is 326 Å². The summed E-state index contributed by atoms with van der Waals surface area (Å²) in [5, 5.41) is 34.7. The predicted octanol–water partition coefficient (Wildman–Crippen LogP) is 8.65. The minimum Gasteiger partial charge on any atom is -0.507 e. The summed E-state index contributed by atoms with van der Waals surface area (Å²) in [5.41, 5.74) is 5.86. The molecule has 4 rings (SSSR count). The second kappa shape index (κ2) is 14.9. The minimum atomic E-state index is -0.736. The van der Waals surface area contributed by atoms with E-state index in [0.717, 1.165) is 44.0 Å². The van der Waals surface area contributed by atoms with Gasteiger partial charge in [-0.1, -0.05) is 87.1 Å². The maximum atomic E-state index is 14.6. The molecule has 0 unspecified atom stereocenters. The number of benzene rings is 3. The molecule has 1 aromatic heterocycles. The quantitative estimate of drug-likeness (QED) is 0.0933. The van der Waals surface area contributed by atoms with E-state index in [-0.39, 0.29) is 47.4 Å². The van der Waals surface area contributed by atoms with Crippen molar-refractivity contribution in [2.75, 3.05) is 0 Å². The van der Waals surface area contributed by atoms with Crippen LogP contribution in [0.3, 0.4) is 0 Å². The lowest BCUT2D eigenvalue weighted by molar-refractivity contribution is -0.129. The van der Waals surface area contributed by atoms with Gasteiger partial charge in [-0.25, -0.2) is 9.59 Å². The molecule has 0 aliphatic carbocycles. The third kappa shape index (κ3) is 8.17. The van der Waals surface area contributed by atoms with Crippen LogP contribution in [0.5, 0.6) is 23.1 Å². The zero-order valence-electron chi connectivity index (χ0n) is 35.5. The van der Waals surface area contributed by atoms with Gasteiger partial charge in [0.2, 0.25) is 5.88 Å². The number of hydrogen-bond donors (Lipinski definition) is 3. The van der Waals surface area contributed by atoms with E-state index in [9.17, 15) is 29.7 Å². The fraction of sp³-hybridized carbons (Fsp3) is 0.457. The summed E-state index contributed by atoms with van der Waals surface area (Å²) in [7, 11) is 0. The second-order valence-electron chi connectivity index (χ2n) is 18.2. The molecule has 0 bridgehead atoms. The van der Waals surface area contributed by atoms with E-state index >= 15 is 0 Å². The first-order chi connectivity index (χ1) is 25.1. The van der Waals surface area contributed by atoms with Gasteiger partial charge >= 0.3 is 11.7 Å². The third-order valence-electron chi connectivity index (χ3n) is 10.9. The van der Waals surface area contributed by atoms with E-state index in [0.29, 0.717) is 39.1 Å². The number of esters is 1. The van der Waals surface area contributed by atoms with Crippen molar-refractivity contribution in [3.63, 3.8) is 0 Å². The molecule has 1 heterocycles. The molecule has 9 heteroatoms. The van der Waals surface area contributed by atoms with Gasteiger partial charge in [0, 0.05) is 18.1 Å². The average molecular weight is 753 g/mol. The van der Waals surface area contributed by atoms with E-state index in [1.54, 1.807) is 13.8 Å². The number of rotatable bonds is 8. The van der Waals surface area contributed by atoms with Crippen LogP contribution in [0.1, 0.15) is 135 Å². The van der Waals surface area contributed by atoms with Gasteiger partial charge in [0.15, 0.2) is 0 Å². The molecule has 3 N–H and O–H groups in total. The summed E-state index contributed by atoms with van der Waals surface area (Å²) in [5.74, 6) is -0.547. The number of aryl methyl sites for hydroxylation is 3. The largest absolute Gasteiger partial charge is 0.507 e. The molecular formula is C46H60N2O7. The minimum absolute atomic E-state index is 0.0213. The van der Waals surface area contributed by atoms with Gasteiger partial charge in [-0.3, -0.25) is 13.9 Å². The van der Waals surface area contributed by atoms with E-state index in [2.05, 4.69) is 6.58 Å². The number of ether oxygens (including phenoxy) is 1. The lowest BCUT2D eigenvalue weighted by atomic mass is 9.82. The van der Waals surface area contributed by atoms with Crippen LogP contribution in [0.2, 0.25) is 0 Å². The first-order valence-electron chi connectivity index (χ1n) is 18.8. The molecule has 0 saturated carbocycles. The summed E-state index contributed by atoms with van der Waals surface area (Å²) in [6, 6.07) is 5.72. The first-order valence-corrected chi connectivity index (χ1v) is 18.8. The van der Waals surface area contributed by atoms with Gasteiger partial charge in [0.25, 0.3) is 5.56 Å². The molecule has 55 heavy (non-hydrogen) atoms. The molecule has 0 radical (unpaired) electrons. The summed E-state index contributed by atoms with van der Waals surface area (Å²) in [6.45, 7) is 32.4. The monoisotopic (exact) mass is 752 g/mol. The molecule has 296 valence electrons. The van der Waals surface area contributed by atoms with Gasteiger partial charge in [-0.05, 0) is 119 Å². The van der Waals surface area contributed by atoms with Crippen LogP contribution in [0.25, 0.3) is 0 Å². The number of hydrogen-bond acceptors (Lipinski definition) is 7. The van der Waals surface area contributed by atoms with Crippen LogP contribution in [-0.2, 0) is 40.5 Å². The van der Waals surface area contributed by atoms with E-state index in [1.165, 1.54) is 4.57 Å². The van der Waals surface area contributed by atoms with Crippen molar-refractivity contribution < 1.29 is 24.9 Å². The highest BCUT2D eigenvalue weighted by Gasteiger charge is 2.29. The Hall–Kier alpha value is -5.05.